The molecule has 0 saturated heterocycles. The molecule has 0 fully saturated rings. The van der Waals surface area contributed by atoms with Crippen LogP contribution in [0, 0.1) is 0 Å². The van der Waals surface area contributed by atoms with Crippen molar-refractivity contribution in [3.8, 4) is 0 Å². The molecule has 1 aromatic heterocycles. The number of hydrogen-bond acceptors (Lipinski definition) is 6. The van der Waals surface area contributed by atoms with Crippen molar-refractivity contribution in [1.82, 2.24) is 9.97 Å². The van der Waals surface area contributed by atoms with Crippen LogP contribution in [0.5, 0.6) is 0 Å². The normalized spacial score (nSPS) is 10.6. The zero-order valence-electron chi connectivity index (χ0n) is 9.95. The van der Waals surface area contributed by atoms with Crippen LogP contribution in [0.1, 0.15) is 25.6 Å². The van der Waals surface area contributed by atoms with Gasteiger partial charge in [-0.1, -0.05) is 13.8 Å². The highest BCUT2D eigenvalue weighted by molar-refractivity contribution is 7.98. The third-order valence-corrected chi connectivity index (χ3v) is 2.63. The van der Waals surface area contributed by atoms with Crippen LogP contribution in [-0.2, 0) is 0 Å². The molecule has 0 amide bonds. The van der Waals surface area contributed by atoms with Gasteiger partial charge in [0.05, 0.1) is 0 Å². The molecule has 6 heteroatoms. The van der Waals surface area contributed by atoms with E-state index in [2.05, 4.69) is 40.8 Å². The lowest BCUT2D eigenvalue weighted by atomic mass is 10.2. The maximum Gasteiger partial charge on any atom is 0.145 e. The number of nitrogens with one attached hydrogen (secondary N) is 2. The van der Waals surface area contributed by atoms with Crippen molar-refractivity contribution >= 4 is 23.4 Å². The zero-order chi connectivity index (χ0) is 12.0. The highest BCUT2D eigenvalue weighted by atomic mass is 32.2. The predicted octanol–water partition coefficient (Wildman–Crippen LogP) is 1.66. The fourth-order valence-corrected chi connectivity index (χ4v) is 1.48. The monoisotopic (exact) mass is 241 g/mol. The molecule has 1 aromatic rings. The van der Waals surface area contributed by atoms with Crippen molar-refractivity contribution in [1.29, 1.82) is 0 Å². The molecule has 0 aliphatic rings. The first-order valence-corrected chi connectivity index (χ1v) is 6.65. The first kappa shape index (κ1) is 13.1. The number of aromatic nitrogens is 2. The van der Waals surface area contributed by atoms with Crippen LogP contribution >= 0.6 is 11.8 Å². The maximum absolute atomic E-state index is 5.37. The Labute approximate surface area is 101 Å². The number of rotatable bonds is 6. The van der Waals surface area contributed by atoms with Gasteiger partial charge in [0.2, 0.25) is 0 Å². The van der Waals surface area contributed by atoms with Gasteiger partial charge in [-0.3, -0.25) is 0 Å². The van der Waals surface area contributed by atoms with Crippen LogP contribution in [0.3, 0.4) is 0 Å². The van der Waals surface area contributed by atoms with Crippen molar-refractivity contribution in [3.05, 3.63) is 11.9 Å². The summed E-state index contributed by atoms with van der Waals surface area (Å²) >= 11 is 1.80. The quantitative estimate of drug-likeness (QED) is 0.399. The molecule has 0 spiro atoms. The van der Waals surface area contributed by atoms with Gasteiger partial charge in [-0.15, -0.1) is 0 Å². The minimum Gasteiger partial charge on any atom is -0.369 e. The van der Waals surface area contributed by atoms with Crippen molar-refractivity contribution in [2.45, 2.75) is 19.8 Å². The molecule has 0 aromatic carbocycles. The van der Waals surface area contributed by atoms with Crippen LogP contribution < -0.4 is 16.6 Å². The van der Waals surface area contributed by atoms with Crippen molar-refractivity contribution in [2.24, 2.45) is 5.84 Å². The number of nitrogens with two attached hydrogens (primary N) is 1. The number of nitrogens with zero attached hydrogens (tertiary/aromatic N) is 2. The van der Waals surface area contributed by atoms with Gasteiger partial charge in [-0.05, 0) is 6.26 Å². The molecule has 1 heterocycles. The smallest absolute Gasteiger partial charge is 0.145 e. The van der Waals surface area contributed by atoms with Gasteiger partial charge in [0.1, 0.15) is 17.5 Å². The number of thioether (sulfide) groups is 1. The Bertz CT molecular complexity index is 329. The van der Waals surface area contributed by atoms with Crippen LogP contribution in [-0.4, -0.2) is 28.5 Å². The largest absolute Gasteiger partial charge is 0.369 e. The van der Waals surface area contributed by atoms with E-state index < -0.39 is 0 Å². The topological polar surface area (TPSA) is 75.9 Å². The number of nitrogen functional groups attached to an aromatic ring is 1. The summed E-state index contributed by atoms with van der Waals surface area (Å²) in [7, 11) is 0. The van der Waals surface area contributed by atoms with Gasteiger partial charge in [-0.25, -0.2) is 15.8 Å². The molecule has 0 aliphatic heterocycles. The molecule has 1 rings (SSSR count). The van der Waals surface area contributed by atoms with Gasteiger partial charge in [0, 0.05) is 24.3 Å². The second-order valence-electron chi connectivity index (χ2n) is 3.72. The van der Waals surface area contributed by atoms with E-state index in [1.807, 2.05) is 6.07 Å². The molecule has 0 unspecified atom stereocenters. The van der Waals surface area contributed by atoms with Crippen LogP contribution in [0.25, 0.3) is 0 Å². The lowest BCUT2D eigenvalue weighted by Gasteiger charge is -2.10. The van der Waals surface area contributed by atoms with E-state index in [0.29, 0.717) is 5.82 Å². The van der Waals surface area contributed by atoms with Crippen LogP contribution in [0.15, 0.2) is 6.07 Å². The lowest BCUT2D eigenvalue weighted by molar-refractivity contribution is 0.776. The van der Waals surface area contributed by atoms with Gasteiger partial charge < -0.3 is 10.7 Å². The summed E-state index contributed by atoms with van der Waals surface area (Å²) in [5, 5.41) is 3.25. The molecular formula is C10H19N5S. The Morgan fingerprint density at radius 1 is 1.38 bits per heavy atom. The van der Waals surface area contributed by atoms with E-state index in [-0.39, 0.29) is 5.92 Å². The lowest BCUT2D eigenvalue weighted by Crippen LogP contribution is -2.13. The fraction of sp³-hybridized carbons (Fsp3) is 0.600. The van der Waals surface area contributed by atoms with Gasteiger partial charge in [0.15, 0.2) is 0 Å². The summed E-state index contributed by atoms with van der Waals surface area (Å²) in [6, 6.07) is 1.81. The summed E-state index contributed by atoms with van der Waals surface area (Å²) in [4.78, 5) is 8.71. The zero-order valence-corrected chi connectivity index (χ0v) is 10.8. The number of hydrazine groups is 1. The summed E-state index contributed by atoms with van der Waals surface area (Å²) in [6.07, 6.45) is 2.08. The molecular weight excluding hydrogens is 222 g/mol. The Morgan fingerprint density at radius 3 is 2.62 bits per heavy atom. The minimum absolute atomic E-state index is 0.286. The Morgan fingerprint density at radius 2 is 2.06 bits per heavy atom. The van der Waals surface area contributed by atoms with Crippen LogP contribution in [0.4, 0.5) is 11.6 Å². The molecule has 5 nitrogen and oxygen atoms in total. The average Bonchev–Trinajstić information content (AvgIpc) is 2.29. The van der Waals surface area contributed by atoms with Crippen molar-refractivity contribution in [3.63, 3.8) is 0 Å². The molecule has 0 radical (unpaired) electrons. The fourth-order valence-electron chi connectivity index (χ4n) is 1.17. The maximum atomic E-state index is 5.37. The second kappa shape index (κ2) is 6.55. The first-order chi connectivity index (χ1) is 7.67. The summed E-state index contributed by atoms with van der Waals surface area (Å²) in [5.41, 5.74) is 2.56. The molecule has 0 aliphatic carbocycles. The molecule has 16 heavy (non-hydrogen) atoms. The standard InChI is InChI=1S/C10H19N5S/c1-7(2)10-13-8(12-4-5-16-3)6-9(14-10)15-11/h6-7H,4-5,11H2,1-3H3,(H2,12,13,14,15). The third kappa shape index (κ3) is 3.86. The molecule has 4 N–H and O–H groups in total. The summed E-state index contributed by atoms with van der Waals surface area (Å²) in [5.74, 6) is 8.96. The van der Waals surface area contributed by atoms with E-state index in [9.17, 15) is 0 Å². The number of anilines is 2. The Hall–Kier alpha value is -1.01. The average molecular weight is 241 g/mol. The molecule has 0 saturated carbocycles. The molecule has 0 atom stereocenters. The SMILES string of the molecule is CSCCNc1cc(NN)nc(C(C)C)n1. The second-order valence-corrected chi connectivity index (χ2v) is 4.70. The van der Waals surface area contributed by atoms with E-state index in [0.717, 1.165) is 23.9 Å². The molecule has 0 bridgehead atoms. The van der Waals surface area contributed by atoms with Crippen LogP contribution in [0.2, 0.25) is 0 Å². The van der Waals surface area contributed by atoms with Crippen molar-refractivity contribution in [2.75, 3.05) is 29.3 Å². The number of hydrogen-bond donors (Lipinski definition) is 3. The minimum atomic E-state index is 0.286. The predicted molar refractivity (Wildman–Crippen MR) is 70.8 cm³/mol. The van der Waals surface area contributed by atoms with E-state index in [4.69, 9.17) is 5.84 Å². The highest BCUT2D eigenvalue weighted by Gasteiger charge is 2.06. The van der Waals surface area contributed by atoms with Gasteiger partial charge in [0.25, 0.3) is 0 Å². The molecule has 90 valence electrons. The van der Waals surface area contributed by atoms with Gasteiger partial charge in [-0.2, -0.15) is 11.8 Å². The van der Waals surface area contributed by atoms with Gasteiger partial charge >= 0.3 is 0 Å². The van der Waals surface area contributed by atoms with Crippen molar-refractivity contribution < 1.29 is 0 Å². The summed E-state index contributed by atoms with van der Waals surface area (Å²) < 4.78 is 0. The van der Waals surface area contributed by atoms with E-state index in [1.54, 1.807) is 11.8 Å². The van der Waals surface area contributed by atoms with E-state index in [1.165, 1.54) is 0 Å². The summed E-state index contributed by atoms with van der Waals surface area (Å²) in [6.45, 7) is 5.00. The van der Waals surface area contributed by atoms with E-state index >= 15 is 0 Å². The highest BCUT2D eigenvalue weighted by Crippen LogP contribution is 2.16. The third-order valence-electron chi connectivity index (χ3n) is 2.02. The first-order valence-electron chi connectivity index (χ1n) is 5.25. The Balaban J connectivity index is 2.78. The Kier molecular flexibility index (Phi) is 5.34.